The van der Waals surface area contributed by atoms with Crippen molar-refractivity contribution in [3.05, 3.63) is 20.8 Å². The van der Waals surface area contributed by atoms with Crippen molar-refractivity contribution < 1.29 is 5.21 Å². The Morgan fingerprint density at radius 2 is 2.41 bits per heavy atom. The standard InChI is InChI=1S/C11H16BrN3OS/c12-8-3-9(17-6-8)5-14-7-11(1-2-11)4-10(13)15-16/h3,6,14,16H,1-2,4-5,7H2,(H2,13,15). The SMILES string of the molecule is NC(CC1(CNCc2cc(Br)cs2)CC1)=NO. The number of nitrogens with zero attached hydrogens (tertiary/aromatic N) is 1. The maximum absolute atomic E-state index is 8.57. The third-order valence-corrected chi connectivity index (χ3v) is 4.76. The molecular formula is C11H16BrN3OS. The van der Waals surface area contributed by atoms with Crippen LogP contribution in [0.15, 0.2) is 21.1 Å². The van der Waals surface area contributed by atoms with E-state index in [0.29, 0.717) is 12.3 Å². The first kappa shape index (κ1) is 12.9. The van der Waals surface area contributed by atoms with Gasteiger partial charge in [0.15, 0.2) is 0 Å². The Morgan fingerprint density at radius 1 is 1.65 bits per heavy atom. The lowest BCUT2D eigenvalue weighted by molar-refractivity contribution is 0.314. The van der Waals surface area contributed by atoms with E-state index in [1.807, 2.05) is 0 Å². The minimum absolute atomic E-state index is 0.227. The van der Waals surface area contributed by atoms with Gasteiger partial charge in [-0.25, -0.2) is 0 Å². The molecule has 17 heavy (non-hydrogen) atoms. The van der Waals surface area contributed by atoms with E-state index in [1.54, 1.807) is 11.3 Å². The van der Waals surface area contributed by atoms with Crippen molar-refractivity contribution in [2.24, 2.45) is 16.3 Å². The number of nitrogens with one attached hydrogen (secondary N) is 1. The van der Waals surface area contributed by atoms with E-state index in [-0.39, 0.29) is 5.41 Å². The molecule has 1 fully saturated rings. The average Bonchev–Trinajstić information content (AvgIpc) is 2.93. The van der Waals surface area contributed by atoms with Crippen LogP contribution in [-0.4, -0.2) is 17.6 Å². The zero-order valence-electron chi connectivity index (χ0n) is 9.45. The molecule has 0 aliphatic heterocycles. The van der Waals surface area contributed by atoms with Crippen LogP contribution in [0, 0.1) is 5.41 Å². The number of halogens is 1. The van der Waals surface area contributed by atoms with Crippen LogP contribution in [-0.2, 0) is 6.54 Å². The first-order valence-electron chi connectivity index (χ1n) is 5.54. The molecule has 0 spiro atoms. The Bertz CT molecular complexity index is 415. The summed E-state index contributed by atoms with van der Waals surface area (Å²) in [5.41, 5.74) is 5.78. The van der Waals surface area contributed by atoms with Crippen molar-refractivity contribution >= 4 is 33.1 Å². The minimum Gasteiger partial charge on any atom is -0.409 e. The predicted molar refractivity (Wildman–Crippen MR) is 73.4 cm³/mol. The summed E-state index contributed by atoms with van der Waals surface area (Å²) in [6, 6.07) is 2.13. The molecule has 1 heterocycles. The van der Waals surface area contributed by atoms with Crippen LogP contribution in [0.1, 0.15) is 24.1 Å². The zero-order valence-corrected chi connectivity index (χ0v) is 11.9. The van der Waals surface area contributed by atoms with Crippen molar-refractivity contribution in [1.29, 1.82) is 0 Å². The van der Waals surface area contributed by atoms with Crippen LogP contribution in [0.2, 0.25) is 0 Å². The van der Waals surface area contributed by atoms with Gasteiger partial charge in [0.25, 0.3) is 0 Å². The summed E-state index contributed by atoms with van der Waals surface area (Å²) in [4.78, 5) is 1.32. The molecule has 0 aromatic carbocycles. The predicted octanol–water partition coefficient (Wildman–Crippen LogP) is 2.52. The van der Waals surface area contributed by atoms with E-state index in [9.17, 15) is 0 Å². The fraction of sp³-hybridized carbons (Fsp3) is 0.545. The normalized spacial score (nSPS) is 18.3. The lowest BCUT2D eigenvalue weighted by Gasteiger charge is -2.14. The molecule has 6 heteroatoms. The highest BCUT2D eigenvalue weighted by atomic mass is 79.9. The van der Waals surface area contributed by atoms with Gasteiger partial charge in [0.2, 0.25) is 0 Å². The molecule has 4 nitrogen and oxygen atoms in total. The fourth-order valence-electron chi connectivity index (χ4n) is 1.91. The van der Waals surface area contributed by atoms with Crippen LogP contribution in [0.5, 0.6) is 0 Å². The Hall–Kier alpha value is -0.590. The average molecular weight is 318 g/mol. The molecule has 94 valence electrons. The van der Waals surface area contributed by atoms with Gasteiger partial charge in [0.1, 0.15) is 5.84 Å². The van der Waals surface area contributed by atoms with E-state index in [4.69, 9.17) is 10.9 Å². The molecule has 0 unspecified atom stereocenters. The van der Waals surface area contributed by atoms with Gasteiger partial charge < -0.3 is 16.3 Å². The summed E-state index contributed by atoms with van der Waals surface area (Å²) in [5.74, 6) is 0.336. The number of oxime groups is 1. The van der Waals surface area contributed by atoms with Gasteiger partial charge in [-0.1, -0.05) is 5.16 Å². The lowest BCUT2D eigenvalue weighted by Crippen LogP contribution is -2.27. The highest BCUT2D eigenvalue weighted by Gasteiger charge is 2.42. The first-order chi connectivity index (χ1) is 8.13. The van der Waals surface area contributed by atoms with Crippen molar-refractivity contribution in [3.63, 3.8) is 0 Å². The Balaban J connectivity index is 1.75. The van der Waals surface area contributed by atoms with E-state index in [1.165, 1.54) is 4.88 Å². The molecule has 0 saturated heterocycles. The largest absolute Gasteiger partial charge is 0.409 e. The second-order valence-electron chi connectivity index (χ2n) is 4.60. The molecule has 1 aliphatic carbocycles. The number of thiophene rings is 1. The van der Waals surface area contributed by atoms with Crippen LogP contribution in [0.4, 0.5) is 0 Å². The maximum atomic E-state index is 8.57. The Kier molecular flexibility index (Phi) is 4.06. The smallest absolute Gasteiger partial charge is 0.139 e. The summed E-state index contributed by atoms with van der Waals surface area (Å²) >= 11 is 5.18. The zero-order chi connectivity index (χ0) is 12.3. The molecule has 0 amide bonds. The number of amidine groups is 1. The van der Waals surface area contributed by atoms with Gasteiger partial charge in [-0.15, -0.1) is 11.3 Å². The summed E-state index contributed by atoms with van der Waals surface area (Å²) in [5, 5.41) is 17.1. The topological polar surface area (TPSA) is 70.6 Å². The van der Waals surface area contributed by atoms with E-state index >= 15 is 0 Å². The Labute approximate surface area is 113 Å². The second kappa shape index (κ2) is 5.37. The summed E-state index contributed by atoms with van der Waals surface area (Å²) in [7, 11) is 0. The van der Waals surface area contributed by atoms with Gasteiger partial charge in [0, 0.05) is 34.2 Å². The number of hydrogen-bond donors (Lipinski definition) is 3. The molecule has 0 bridgehead atoms. The molecule has 0 atom stereocenters. The van der Waals surface area contributed by atoms with Crippen molar-refractivity contribution in [1.82, 2.24) is 5.32 Å². The summed E-state index contributed by atoms with van der Waals surface area (Å²) in [6.07, 6.45) is 3.00. The first-order valence-corrected chi connectivity index (χ1v) is 7.21. The molecular weight excluding hydrogens is 302 g/mol. The van der Waals surface area contributed by atoms with Gasteiger partial charge in [-0.3, -0.25) is 0 Å². The van der Waals surface area contributed by atoms with E-state index < -0.39 is 0 Å². The monoisotopic (exact) mass is 317 g/mol. The second-order valence-corrected chi connectivity index (χ2v) is 6.51. The number of rotatable bonds is 6. The minimum atomic E-state index is 0.227. The van der Waals surface area contributed by atoms with Crippen LogP contribution >= 0.6 is 27.3 Å². The van der Waals surface area contributed by atoms with E-state index in [0.717, 1.165) is 30.4 Å². The summed E-state index contributed by atoms with van der Waals surface area (Å²) in [6.45, 7) is 1.81. The molecule has 1 aliphatic rings. The Morgan fingerprint density at radius 3 is 2.94 bits per heavy atom. The lowest BCUT2D eigenvalue weighted by atomic mass is 10.0. The van der Waals surface area contributed by atoms with Crippen molar-refractivity contribution in [2.75, 3.05) is 6.54 Å². The van der Waals surface area contributed by atoms with Gasteiger partial charge >= 0.3 is 0 Å². The third kappa shape index (κ3) is 3.69. The fourth-order valence-corrected chi connectivity index (χ4v) is 3.33. The van der Waals surface area contributed by atoms with Crippen molar-refractivity contribution in [3.8, 4) is 0 Å². The maximum Gasteiger partial charge on any atom is 0.139 e. The highest BCUT2D eigenvalue weighted by Crippen LogP contribution is 2.48. The van der Waals surface area contributed by atoms with E-state index in [2.05, 4.69) is 37.8 Å². The summed E-state index contributed by atoms with van der Waals surface area (Å²) < 4.78 is 1.14. The number of hydrogen-bond acceptors (Lipinski definition) is 4. The molecule has 1 saturated carbocycles. The quantitative estimate of drug-likeness (QED) is 0.327. The molecule has 4 N–H and O–H groups in total. The molecule has 0 radical (unpaired) electrons. The number of nitrogens with two attached hydrogens (primary N) is 1. The highest BCUT2D eigenvalue weighted by molar-refractivity contribution is 9.10. The third-order valence-electron chi connectivity index (χ3n) is 3.06. The van der Waals surface area contributed by atoms with Gasteiger partial charge in [-0.05, 0) is 40.3 Å². The van der Waals surface area contributed by atoms with Crippen LogP contribution in [0.3, 0.4) is 0 Å². The molecule has 1 aromatic heterocycles. The molecule has 2 rings (SSSR count). The van der Waals surface area contributed by atoms with Crippen molar-refractivity contribution in [2.45, 2.75) is 25.8 Å². The molecule has 1 aromatic rings. The van der Waals surface area contributed by atoms with Crippen LogP contribution < -0.4 is 11.1 Å². The van der Waals surface area contributed by atoms with Gasteiger partial charge in [-0.2, -0.15) is 0 Å². The van der Waals surface area contributed by atoms with Crippen LogP contribution in [0.25, 0.3) is 0 Å². The van der Waals surface area contributed by atoms with Gasteiger partial charge in [0.05, 0.1) is 0 Å².